The van der Waals surface area contributed by atoms with E-state index < -0.39 is 11.9 Å². The van der Waals surface area contributed by atoms with Crippen LogP contribution in [0, 0.1) is 0 Å². The van der Waals surface area contributed by atoms with Gasteiger partial charge in [-0.2, -0.15) is 0 Å². The highest BCUT2D eigenvalue weighted by Crippen LogP contribution is 2.21. The van der Waals surface area contributed by atoms with Crippen molar-refractivity contribution in [2.24, 2.45) is 0 Å². The van der Waals surface area contributed by atoms with Gasteiger partial charge in [0.1, 0.15) is 0 Å². The second-order valence-electron chi connectivity index (χ2n) is 4.34. The molecule has 2 rings (SSSR count). The first-order chi connectivity index (χ1) is 10.5. The van der Waals surface area contributed by atoms with E-state index in [-0.39, 0.29) is 11.3 Å². The number of carboxylic acid groups (broad SMARTS) is 1. The molecule has 0 spiro atoms. The maximum absolute atomic E-state index is 11.9. The minimum Gasteiger partial charge on any atom is -0.478 e. The molecule has 2 N–H and O–H groups in total. The van der Waals surface area contributed by atoms with E-state index in [0.717, 1.165) is 10.0 Å². The molecular formula is C16H11BrClNO3. The van der Waals surface area contributed by atoms with Gasteiger partial charge in [-0.3, -0.25) is 4.79 Å². The standard InChI is InChI=1S/C16H11BrClNO3/c17-13-4-2-1-3-10(13)5-8-15(20)19-14-7-6-11(18)9-12(14)16(21)22/h1-9H,(H,19,20)(H,21,22). The largest absolute Gasteiger partial charge is 0.478 e. The van der Waals surface area contributed by atoms with Crippen molar-refractivity contribution in [1.29, 1.82) is 0 Å². The van der Waals surface area contributed by atoms with Crippen LogP contribution in [-0.2, 0) is 4.79 Å². The Labute approximate surface area is 140 Å². The highest BCUT2D eigenvalue weighted by Gasteiger charge is 2.12. The number of hydrogen-bond acceptors (Lipinski definition) is 2. The number of carbonyl (C=O) groups excluding carboxylic acids is 1. The molecule has 0 saturated heterocycles. The lowest BCUT2D eigenvalue weighted by Crippen LogP contribution is -2.12. The van der Waals surface area contributed by atoms with Crippen LogP contribution in [0.4, 0.5) is 5.69 Å². The van der Waals surface area contributed by atoms with Gasteiger partial charge in [-0.15, -0.1) is 0 Å². The quantitative estimate of drug-likeness (QED) is 0.770. The lowest BCUT2D eigenvalue weighted by atomic mass is 10.1. The number of benzene rings is 2. The second kappa shape index (κ2) is 7.24. The molecule has 2 aromatic rings. The Morgan fingerprint density at radius 3 is 2.59 bits per heavy atom. The maximum atomic E-state index is 11.9. The first-order valence-corrected chi connectivity index (χ1v) is 7.41. The smallest absolute Gasteiger partial charge is 0.337 e. The van der Waals surface area contributed by atoms with E-state index in [1.54, 1.807) is 6.08 Å². The average molecular weight is 381 g/mol. The number of hydrogen-bond donors (Lipinski definition) is 2. The van der Waals surface area contributed by atoms with Gasteiger partial charge in [0.15, 0.2) is 0 Å². The summed E-state index contributed by atoms with van der Waals surface area (Å²) in [4.78, 5) is 23.1. The lowest BCUT2D eigenvalue weighted by molar-refractivity contribution is -0.111. The summed E-state index contributed by atoms with van der Waals surface area (Å²) in [5.41, 5.74) is 0.973. The van der Waals surface area contributed by atoms with E-state index in [4.69, 9.17) is 16.7 Å². The van der Waals surface area contributed by atoms with Crippen molar-refractivity contribution in [2.75, 3.05) is 5.32 Å². The molecule has 0 aliphatic rings. The van der Waals surface area contributed by atoms with E-state index in [1.165, 1.54) is 24.3 Å². The van der Waals surface area contributed by atoms with Crippen LogP contribution in [0.25, 0.3) is 6.08 Å². The number of anilines is 1. The Morgan fingerprint density at radius 1 is 1.18 bits per heavy atom. The summed E-state index contributed by atoms with van der Waals surface area (Å²) < 4.78 is 0.858. The van der Waals surface area contributed by atoms with Gasteiger partial charge in [-0.25, -0.2) is 4.79 Å². The molecule has 1 amide bonds. The van der Waals surface area contributed by atoms with Gasteiger partial charge in [-0.1, -0.05) is 45.7 Å². The van der Waals surface area contributed by atoms with Gasteiger partial charge < -0.3 is 10.4 Å². The first-order valence-electron chi connectivity index (χ1n) is 6.24. The van der Waals surface area contributed by atoms with Gasteiger partial charge >= 0.3 is 5.97 Å². The van der Waals surface area contributed by atoms with Crippen LogP contribution < -0.4 is 5.32 Å². The Bertz CT molecular complexity index is 759. The molecule has 112 valence electrons. The van der Waals surface area contributed by atoms with Crippen molar-refractivity contribution in [3.05, 3.63) is 69.2 Å². The summed E-state index contributed by atoms with van der Waals surface area (Å²) in [6.45, 7) is 0. The summed E-state index contributed by atoms with van der Waals surface area (Å²) in [5, 5.41) is 11.9. The number of nitrogens with one attached hydrogen (secondary N) is 1. The SMILES string of the molecule is O=C(C=Cc1ccccc1Br)Nc1ccc(Cl)cc1C(=O)O. The van der Waals surface area contributed by atoms with Gasteiger partial charge in [0, 0.05) is 15.6 Å². The van der Waals surface area contributed by atoms with Crippen molar-refractivity contribution in [1.82, 2.24) is 0 Å². The van der Waals surface area contributed by atoms with E-state index in [0.29, 0.717) is 5.02 Å². The summed E-state index contributed by atoms with van der Waals surface area (Å²) in [6, 6.07) is 11.7. The molecule has 2 aromatic carbocycles. The summed E-state index contributed by atoms with van der Waals surface area (Å²) >= 11 is 9.14. The molecule has 0 aromatic heterocycles. The fourth-order valence-electron chi connectivity index (χ4n) is 1.75. The molecule has 0 aliphatic carbocycles. The van der Waals surface area contributed by atoms with Crippen molar-refractivity contribution in [2.45, 2.75) is 0 Å². The van der Waals surface area contributed by atoms with Crippen LogP contribution in [0.3, 0.4) is 0 Å². The Morgan fingerprint density at radius 2 is 1.91 bits per heavy atom. The van der Waals surface area contributed by atoms with Crippen LogP contribution in [-0.4, -0.2) is 17.0 Å². The summed E-state index contributed by atoms with van der Waals surface area (Å²) in [5.74, 6) is -1.59. The van der Waals surface area contributed by atoms with Gasteiger partial charge in [-0.05, 0) is 35.9 Å². The average Bonchev–Trinajstić information content (AvgIpc) is 2.48. The molecule has 0 heterocycles. The third-order valence-corrected chi connectivity index (χ3v) is 3.75. The van der Waals surface area contributed by atoms with Crippen molar-refractivity contribution < 1.29 is 14.7 Å². The van der Waals surface area contributed by atoms with Crippen LogP contribution in [0.2, 0.25) is 5.02 Å². The molecule has 4 nitrogen and oxygen atoms in total. The number of carbonyl (C=O) groups is 2. The van der Waals surface area contributed by atoms with E-state index in [2.05, 4.69) is 21.2 Å². The zero-order valence-corrected chi connectivity index (χ0v) is 13.6. The predicted molar refractivity (Wildman–Crippen MR) is 90.2 cm³/mol. The van der Waals surface area contributed by atoms with Crippen LogP contribution in [0.5, 0.6) is 0 Å². The van der Waals surface area contributed by atoms with Gasteiger partial charge in [0.2, 0.25) is 5.91 Å². The summed E-state index contributed by atoms with van der Waals surface area (Å²) in [7, 11) is 0. The topological polar surface area (TPSA) is 66.4 Å². The van der Waals surface area contributed by atoms with E-state index in [9.17, 15) is 9.59 Å². The molecule has 22 heavy (non-hydrogen) atoms. The van der Waals surface area contributed by atoms with Gasteiger partial charge in [0.25, 0.3) is 0 Å². The number of halogens is 2. The molecule has 0 atom stereocenters. The molecule has 0 unspecified atom stereocenters. The van der Waals surface area contributed by atoms with Gasteiger partial charge in [0.05, 0.1) is 11.3 Å². The third kappa shape index (κ3) is 4.19. The van der Waals surface area contributed by atoms with E-state index >= 15 is 0 Å². The zero-order chi connectivity index (χ0) is 16.1. The number of rotatable bonds is 4. The lowest BCUT2D eigenvalue weighted by Gasteiger charge is -2.07. The first kappa shape index (κ1) is 16.3. The zero-order valence-electron chi connectivity index (χ0n) is 11.2. The molecular weight excluding hydrogens is 370 g/mol. The fourth-order valence-corrected chi connectivity index (χ4v) is 2.34. The van der Waals surface area contributed by atoms with Crippen molar-refractivity contribution in [3.63, 3.8) is 0 Å². The molecule has 0 fully saturated rings. The predicted octanol–water partition coefficient (Wildman–Crippen LogP) is 4.45. The summed E-state index contributed by atoms with van der Waals surface area (Å²) in [6.07, 6.45) is 2.97. The Hall–Kier alpha value is -2.11. The second-order valence-corrected chi connectivity index (χ2v) is 5.63. The fraction of sp³-hybridized carbons (Fsp3) is 0. The molecule has 0 aliphatic heterocycles. The molecule has 0 radical (unpaired) electrons. The monoisotopic (exact) mass is 379 g/mol. The number of carboxylic acids is 1. The van der Waals surface area contributed by atoms with Crippen LogP contribution in [0.15, 0.2) is 53.0 Å². The highest BCUT2D eigenvalue weighted by atomic mass is 79.9. The maximum Gasteiger partial charge on any atom is 0.337 e. The Balaban J connectivity index is 2.16. The molecule has 0 bridgehead atoms. The number of amides is 1. The third-order valence-electron chi connectivity index (χ3n) is 2.79. The van der Waals surface area contributed by atoms with Crippen molar-refractivity contribution >= 4 is 51.2 Å². The van der Waals surface area contributed by atoms with E-state index in [1.807, 2.05) is 24.3 Å². The highest BCUT2D eigenvalue weighted by molar-refractivity contribution is 9.10. The molecule has 6 heteroatoms. The minimum absolute atomic E-state index is 0.0601. The molecule has 0 saturated carbocycles. The minimum atomic E-state index is -1.16. The van der Waals surface area contributed by atoms with Crippen molar-refractivity contribution in [3.8, 4) is 0 Å². The normalized spacial score (nSPS) is 10.6. The van der Waals surface area contributed by atoms with Crippen LogP contribution >= 0.6 is 27.5 Å². The Kier molecular flexibility index (Phi) is 5.35. The number of aromatic carboxylic acids is 1. The van der Waals surface area contributed by atoms with Crippen LogP contribution in [0.1, 0.15) is 15.9 Å².